The van der Waals surface area contributed by atoms with Crippen molar-refractivity contribution in [2.45, 2.75) is 43.2 Å². The van der Waals surface area contributed by atoms with Gasteiger partial charge in [-0.15, -0.1) is 0 Å². The minimum atomic E-state index is -3.64. The second-order valence-corrected chi connectivity index (χ2v) is 9.22. The molecule has 154 valence electrons. The van der Waals surface area contributed by atoms with Crippen LogP contribution in [0.5, 0.6) is 0 Å². The van der Waals surface area contributed by atoms with Gasteiger partial charge in [-0.25, -0.2) is 13.1 Å². The molecule has 1 aliphatic carbocycles. The van der Waals surface area contributed by atoms with Crippen molar-refractivity contribution in [3.8, 4) is 0 Å². The van der Waals surface area contributed by atoms with Crippen LogP contribution in [0.3, 0.4) is 0 Å². The average Bonchev–Trinajstić information content (AvgIpc) is 3.40. The summed E-state index contributed by atoms with van der Waals surface area (Å²) in [6.07, 6.45) is 6.36. The smallest absolute Gasteiger partial charge is 0.248 e. The Balaban J connectivity index is 1.43. The maximum absolute atomic E-state index is 12.7. The van der Waals surface area contributed by atoms with Crippen molar-refractivity contribution in [1.82, 2.24) is 14.6 Å². The Kier molecular flexibility index (Phi) is 5.84. The lowest BCUT2D eigenvalue weighted by Gasteiger charge is -2.28. The summed E-state index contributed by atoms with van der Waals surface area (Å²) in [5.41, 5.74) is 0.400. The molecule has 1 aliphatic rings. The summed E-state index contributed by atoms with van der Waals surface area (Å²) < 4.78 is 33.7. The standard InChI is InChI=1S/C21H25N3O4S/c25-21-10-7-16-14-19(8-9-20(16)23-21)29(26,27)22-11-12-24(17-4-1-2-5-17)15-18-6-3-13-28-18/h3,6-10,13-14,17,22H,1-2,4-5,11-12,15H2,(H,23,25). The predicted molar refractivity (Wildman–Crippen MR) is 111 cm³/mol. The Hall–Kier alpha value is -2.42. The highest BCUT2D eigenvalue weighted by Gasteiger charge is 2.24. The first-order chi connectivity index (χ1) is 14.0. The maximum atomic E-state index is 12.7. The van der Waals surface area contributed by atoms with E-state index in [0.717, 1.165) is 18.6 Å². The number of furan rings is 1. The van der Waals surface area contributed by atoms with Crippen LogP contribution in [0.4, 0.5) is 0 Å². The molecule has 2 aromatic heterocycles. The molecule has 1 fully saturated rings. The van der Waals surface area contributed by atoms with E-state index in [1.165, 1.54) is 25.0 Å². The zero-order chi connectivity index (χ0) is 20.3. The topological polar surface area (TPSA) is 95.4 Å². The lowest BCUT2D eigenvalue weighted by molar-refractivity contribution is 0.179. The van der Waals surface area contributed by atoms with Crippen molar-refractivity contribution in [3.63, 3.8) is 0 Å². The van der Waals surface area contributed by atoms with E-state index in [2.05, 4.69) is 14.6 Å². The minimum Gasteiger partial charge on any atom is -0.468 e. The first-order valence-corrected chi connectivity index (χ1v) is 11.4. The molecule has 0 amide bonds. The Bertz CT molecular complexity index is 1120. The fourth-order valence-corrected chi connectivity index (χ4v) is 5.03. The molecule has 0 spiro atoms. The number of fused-ring (bicyclic) bond motifs is 1. The number of aromatic amines is 1. The summed E-state index contributed by atoms with van der Waals surface area (Å²) in [6.45, 7) is 1.62. The molecule has 1 aromatic carbocycles. The van der Waals surface area contributed by atoms with Crippen LogP contribution in [0, 0.1) is 0 Å². The number of sulfonamides is 1. The Morgan fingerprint density at radius 3 is 2.72 bits per heavy atom. The van der Waals surface area contributed by atoms with Crippen LogP contribution < -0.4 is 10.3 Å². The molecule has 3 aromatic rings. The molecule has 0 unspecified atom stereocenters. The van der Waals surface area contributed by atoms with Crippen molar-refractivity contribution in [2.24, 2.45) is 0 Å². The Morgan fingerprint density at radius 2 is 1.97 bits per heavy atom. The Labute approximate surface area is 169 Å². The van der Waals surface area contributed by atoms with Gasteiger partial charge in [0, 0.05) is 30.7 Å². The third-order valence-corrected chi connectivity index (χ3v) is 6.94. The zero-order valence-electron chi connectivity index (χ0n) is 16.1. The van der Waals surface area contributed by atoms with Gasteiger partial charge in [-0.3, -0.25) is 9.69 Å². The second-order valence-electron chi connectivity index (χ2n) is 7.46. The molecule has 7 nitrogen and oxygen atoms in total. The first-order valence-electron chi connectivity index (χ1n) is 9.90. The molecule has 1 saturated carbocycles. The third-order valence-electron chi connectivity index (χ3n) is 5.48. The molecule has 0 aliphatic heterocycles. The fourth-order valence-electron chi connectivity index (χ4n) is 3.97. The van der Waals surface area contributed by atoms with Crippen LogP contribution in [0.1, 0.15) is 31.4 Å². The van der Waals surface area contributed by atoms with E-state index < -0.39 is 10.0 Å². The van der Waals surface area contributed by atoms with Gasteiger partial charge in [0.25, 0.3) is 0 Å². The van der Waals surface area contributed by atoms with Gasteiger partial charge in [0.2, 0.25) is 15.6 Å². The summed E-state index contributed by atoms with van der Waals surface area (Å²) in [4.78, 5) is 16.6. The van der Waals surface area contributed by atoms with Crippen molar-refractivity contribution < 1.29 is 12.8 Å². The lowest BCUT2D eigenvalue weighted by atomic mass is 10.2. The van der Waals surface area contributed by atoms with Gasteiger partial charge in [0.15, 0.2) is 0 Å². The summed E-state index contributed by atoms with van der Waals surface area (Å²) >= 11 is 0. The third kappa shape index (κ3) is 4.77. The van der Waals surface area contributed by atoms with Gasteiger partial charge in [-0.05, 0) is 54.6 Å². The van der Waals surface area contributed by atoms with E-state index in [1.54, 1.807) is 24.5 Å². The van der Waals surface area contributed by atoms with Crippen LogP contribution in [-0.2, 0) is 16.6 Å². The van der Waals surface area contributed by atoms with Gasteiger partial charge < -0.3 is 9.40 Å². The molecule has 2 heterocycles. The van der Waals surface area contributed by atoms with Gasteiger partial charge in [0.05, 0.1) is 17.7 Å². The molecule has 8 heteroatoms. The highest BCUT2D eigenvalue weighted by molar-refractivity contribution is 7.89. The fraction of sp³-hybridized carbons (Fsp3) is 0.381. The van der Waals surface area contributed by atoms with Crippen LogP contribution in [0.15, 0.2) is 62.8 Å². The van der Waals surface area contributed by atoms with Gasteiger partial charge in [0.1, 0.15) is 5.76 Å². The SMILES string of the molecule is O=c1ccc2cc(S(=O)(=O)NCCN(Cc3ccco3)C3CCCC3)ccc2[nH]1. The number of H-pyrrole nitrogens is 1. The largest absolute Gasteiger partial charge is 0.468 e. The molecule has 0 radical (unpaired) electrons. The van der Waals surface area contributed by atoms with Gasteiger partial charge >= 0.3 is 0 Å². The lowest BCUT2D eigenvalue weighted by Crippen LogP contribution is -2.39. The predicted octanol–water partition coefficient (Wildman–Crippen LogP) is 2.84. The van der Waals surface area contributed by atoms with Gasteiger partial charge in [-0.1, -0.05) is 12.8 Å². The first kappa shape index (κ1) is 19.9. The Morgan fingerprint density at radius 1 is 1.14 bits per heavy atom. The van der Waals surface area contributed by atoms with Crippen LogP contribution in [-0.4, -0.2) is 37.4 Å². The maximum Gasteiger partial charge on any atom is 0.248 e. The number of nitrogens with one attached hydrogen (secondary N) is 2. The average molecular weight is 416 g/mol. The summed E-state index contributed by atoms with van der Waals surface area (Å²) in [6, 6.07) is 12.0. The number of pyridine rings is 1. The second kappa shape index (κ2) is 8.52. The summed E-state index contributed by atoms with van der Waals surface area (Å²) in [7, 11) is -3.64. The zero-order valence-corrected chi connectivity index (χ0v) is 17.0. The molecule has 0 atom stereocenters. The normalized spacial score (nSPS) is 15.5. The minimum absolute atomic E-state index is 0.190. The molecule has 0 saturated heterocycles. The molecule has 4 rings (SSSR count). The monoisotopic (exact) mass is 415 g/mol. The number of benzene rings is 1. The highest BCUT2D eigenvalue weighted by atomic mass is 32.2. The molecule has 29 heavy (non-hydrogen) atoms. The van der Waals surface area contributed by atoms with E-state index in [-0.39, 0.29) is 10.5 Å². The summed E-state index contributed by atoms with van der Waals surface area (Å²) in [5.74, 6) is 0.892. The van der Waals surface area contributed by atoms with E-state index in [1.807, 2.05) is 12.1 Å². The number of nitrogens with zero attached hydrogens (tertiary/aromatic N) is 1. The molecule has 2 N–H and O–H groups in total. The highest BCUT2D eigenvalue weighted by Crippen LogP contribution is 2.25. The molecule has 0 bridgehead atoms. The van der Waals surface area contributed by atoms with E-state index in [9.17, 15) is 13.2 Å². The van der Waals surface area contributed by atoms with E-state index in [0.29, 0.717) is 36.6 Å². The van der Waals surface area contributed by atoms with Crippen molar-refractivity contribution in [1.29, 1.82) is 0 Å². The molecular formula is C21H25N3O4S. The summed E-state index contributed by atoms with van der Waals surface area (Å²) in [5, 5.41) is 0.679. The van der Waals surface area contributed by atoms with Crippen molar-refractivity contribution in [2.75, 3.05) is 13.1 Å². The number of hydrogen-bond acceptors (Lipinski definition) is 5. The van der Waals surface area contributed by atoms with Crippen molar-refractivity contribution >= 4 is 20.9 Å². The van der Waals surface area contributed by atoms with Crippen LogP contribution >= 0.6 is 0 Å². The van der Waals surface area contributed by atoms with Crippen LogP contribution in [0.25, 0.3) is 10.9 Å². The van der Waals surface area contributed by atoms with E-state index >= 15 is 0 Å². The van der Waals surface area contributed by atoms with Crippen LogP contribution in [0.2, 0.25) is 0 Å². The number of aromatic nitrogens is 1. The number of hydrogen-bond donors (Lipinski definition) is 2. The quantitative estimate of drug-likeness (QED) is 0.590. The van der Waals surface area contributed by atoms with E-state index in [4.69, 9.17) is 4.42 Å². The van der Waals surface area contributed by atoms with Crippen molar-refractivity contribution in [3.05, 3.63) is 64.8 Å². The van der Waals surface area contributed by atoms with Gasteiger partial charge in [-0.2, -0.15) is 0 Å². The number of rotatable bonds is 8. The molecular weight excluding hydrogens is 390 g/mol.